The fourth-order valence-corrected chi connectivity index (χ4v) is 3.77. The Morgan fingerprint density at radius 3 is 2.82 bits per heavy atom. The van der Waals surface area contributed by atoms with Crippen molar-refractivity contribution in [2.75, 3.05) is 24.6 Å². The molecule has 2 N–H and O–H groups in total. The number of ether oxygens (including phenoxy) is 2. The quantitative estimate of drug-likeness (QED) is 0.854. The molecule has 3 heterocycles. The van der Waals surface area contributed by atoms with E-state index in [4.69, 9.17) is 9.47 Å². The van der Waals surface area contributed by atoms with Crippen LogP contribution >= 0.6 is 0 Å². The van der Waals surface area contributed by atoms with Crippen LogP contribution in [0.3, 0.4) is 0 Å². The van der Waals surface area contributed by atoms with E-state index in [2.05, 4.69) is 21.9 Å². The molecule has 144 valence electrons. The van der Waals surface area contributed by atoms with Crippen LogP contribution in [0.15, 0.2) is 47.6 Å². The van der Waals surface area contributed by atoms with Gasteiger partial charge in [-0.2, -0.15) is 5.10 Å². The summed E-state index contributed by atoms with van der Waals surface area (Å²) < 4.78 is 12.1. The molecule has 2 aromatic carbocycles. The summed E-state index contributed by atoms with van der Waals surface area (Å²) in [7, 11) is 0. The number of fused-ring (bicyclic) bond motifs is 3. The number of rotatable bonds is 4. The highest BCUT2D eigenvalue weighted by Crippen LogP contribution is 2.42. The summed E-state index contributed by atoms with van der Waals surface area (Å²) in [5, 5.41) is 7.49. The number of nitrogens with one attached hydrogen (secondary N) is 2. The van der Waals surface area contributed by atoms with Gasteiger partial charge in [-0.15, -0.1) is 0 Å². The van der Waals surface area contributed by atoms with Crippen LogP contribution in [0.2, 0.25) is 0 Å². The fraction of sp³-hybridized carbons (Fsp3) is 0.333. The Bertz CT molecular complexity index is 940. The van der Waals surface area contributed by atoms with Crippen molar-refractivity contribution in [1.29, 1.82) is 0 Å². The van der Waals surface area contributed by atoms with Crippen molar-refractivity contribution in [3.63, 3.8) is 0 Å². The molecule has 0 spiro atoms. The van der Waals surface area contributed by atoms with Gasteiger partial charge in [-0.1, -0.05) is 18.2 Å². The molecule has 0 aliphatic carbocycles. The van der Waals surface area contributed by atoms with Gasteiger partial charge in [0.15, 0.2) is 5.84 Å². The van der Waals surface area contributed by atoms with Crippen molar-refractivity contribution in [2.45, 2.75) is 19.4 Å². The summed E-state index contributed by atoms with van der Waals surface area (Å²) >= 11 is 0. The number of hydrogen-bond donors (Lipinski definition) is 2. The Balaban J connectivity index is 1.56. The summed E-state index contributed by atoms with van der Waals surface area (Å²) in [5.74, 6) is 3.47. The molecule has 1 saturated heterocycles. The molecular weight excluding hydrogens is 356 g/mol. The number of para-hydroxylation sites is 1. The van der Waals surface area contributed by atoms with Gasteiger partial charge in [-0.05, 0) is 56.1 Å². The second-order valence-electron chi connectivity index (χ2n) is 7.41. The molecule has 1 fully saturated rings. The number of carbonyl (C=O) groups is 1. The zero-order chi connectivity index (χ0) is 19.1. The normalized spacial score (nSPS) is 20.9. The first-order valence-electron chi connectivity index (χ1n) is 9.58. The van der Waals surface area contributed by atoms with Crippen molar-refractivity contribution < 1.29 is 14.3 Å². The molecule has 7 nitrogen and oxygen atoms in total. The van der Waals surface area contributed by atoms with E-state index in [1.165, 1.54) is 0 Å². The minimum Gasteiger partial charge on any atom is -0.483 e. The van der Waals surface area contributed by atoms with E-state index in [0.29, 0.717) is 24.1 Å². The van der Waals surface area contributed by atoms with E-state index in [9.17, 15) is 4.79 Å². The summed E-state index contributed by atoms with van der Waals surface area (Å²) in [4.78, 5) is 14.1. The van der Waals surface area contributed by atoms with Gasteiger partial charge in [0.25, 0.3) is 5.91 Å². The lowest BCUT2D eigenvalue weighted by molar-refractivity contribution is -0.122. The van der Waals surface area contributed by atoms with E-state index < -0.39 is 0 Å². The van der Waals surface area contributed by atoms with Gasteiger partial charge in [-0.25, -0.2) is 5.43 Å². The van der Waals surface area contributed by atoms with Gasteiger partial charge in [0.05, 0.1) is 5.69 Å². The Hall–Kier alpha value is -3.06. The molecule has 3 aliphatic rings. The molecule has 1 amide bonds. The Labute approximate surface area is 163 Å². The van der Waals surface area contributed by atoms with Crippen molar-refractivity contribution in [2.24, 2.45) is 11.0 Å². The zero-order valence-corrected chi connectivity index (χ0v) is 15.6. The van der Waals surface area contributed by atoms with Crippen LogP contribution in [0.4, 0.5) is 5.69 Å². The molecule has 7 heteroatoms. The van der Waals surface area contributed by atoms with Crippen LogP contribution in [0, 0.1) is 5.92 Å². The van der Waals surface area contributed by atoms with E-state index in [1.54, 1.807) is 0 Å². The molecule has 0 aromatic heterocycles. The third-order valence-electron chi connectivity index (χ3n) is 5.44. The monoisotopic (exact) mass is 378 g/mol. The van der Waals surface area contributed by atoms with Crippen LogP contribution < -0.4 is 25.1 Å². The molecule has 0 radical (unpaired) electrons. The Morgan fingerprint density at radius 1 is 1.25 bits per heavy atom. The molecule has 0 saturated carbocycles. The summed E-state index contributed by atoms with van der Waals surface area (Å²) in [6.07, 6.45) is 0.906. The number of carbonyl (C=O) groups excluding carboxylic acids is 1. The maximum absolute atomic E-state index is 12.2. The van der Waals surface area contributed by atoms with Gasteiger partial charge >= 0.3 is 0 Å². The number of benzene rings is 2. The van der Waals surface area contributed by atoms with Crippen molar-refractivity contribution in [3.05, 3.63) is 48.0 Å². The topological polar surface area (TPSA) is 75.2 Å². The third kappa shape index (κ3) is 2.97. The average Bonchev–Trinajstić information content (AvgIpc) is 2.68. The highest BCUT2D eigenvalue weighted by Gasteiger charge is 2.36. The van der Waals surface area contributed by atoms with Crippen LogP contribution in [-0.2, 0) is 11.2 Å². The van der Waals surface area contributed by atoms with Crippen molar-refractivity contribution in [3.8, 4) is 17.2 Å². The van der Waals surface area contributed by atoms with Crippen LogP contribution in [-0.4, -0.2) is 37.5 Å². The molecular formula is C21H22N4O3. The highest BCUT2D eigenvalue weighted by molar-refractivity contribution is 6.09. The molecule has 0 bridgehead atoms. The van der Waals surface area contributed by atoms with E-state index >= 15 is 0 Å². The minimum atomic E-state index is -0.339. The number of anilines is 1. The van der Waals surface area contributed by atoms with Crippen LogP contribution in [0.25, 0.3) is 0 Å². The smallest absolute Gasteiger partial charge is 0.262 e. The standard InChI is InChI=1S/C21H22N4O3/c1-13-21(26)24-23-20-12-27-19-9-18(28-16-5-3-2-4-6-16)15(7-14-10-22-11-14)8-17(19)25(13)20/h2-6,8-9,13-14,22H,7,10-12H2,1H3,(H,24,26). The molecule has 28 heavy (non-hydrogen) atoms. The van der Waals surface area contributed by atoms with Crippen LogP contribution in [0.1, 0.15) is 12.5 Å². The van der Waals surface area contributed by atoms with Crippen LogP contribution in [0.5, 0.6) is 17.2 Å². The van der Waals surface area contributed by atoms with Crippen molar-refractivity contribution in [1.82, 2.24) is 10.7 Å². The largest absolute Gasteiger partial charge is 0.483 e. The average molecular weight is 378 g/mol. The third-order valence-corrected chi connectivity index (χ3v) is 5.44. The Kier molecular flexibility index (Phi) is 4.16. The minimum absolute atomic E-state index is 0.119. The number of amides is 1. The molecule has 1 unspecified atom stereocenters. The van der Waals surface area contributed by atoms with Gasteiger partial charge in [-0.3, -0.25) is 4.79 Å². The molecule has 3 aliphatic heterocycles. The zero-order valence-electron chi connectivity index (χ0n) is 15.6. The number of hydrogen-bond acceptors (Lipinski definition) is 6. The summed E-state index contributed by atoms with van der Waals surface area (Å²) in [6, 6.07) is 13.5. The first-order chi connectivity index (χ1) is 13.7. The lowest BCUT2D eigenvalue weighted by atomic mass is 9.93. The fourth-order valence-electron chi connectivity index (χ4n) is 3.77. The van der Waals surface area contributed by atoms with E-state index in [-0.39, 0.29) is 11.9 Å². The first kappa shape index (κ1) is 17.1. The summed E-state index contributed by atoms with van der Waals surface area (Å²) in [5.41, 5.74) is 4.54. The van der Waals surface area contributed by atoms with Crippen molar-refractivity contribution >= 4 is 17.4 Å². The SMILES string of the molecule is CC1C(=O)NN=C2COc3cc(Oc4ccccc4)c(CC4CNC4)cc3N21. The second kappa shape index (κ2) is 6.83. The highest BCUT2D eigenvalue weighted by atomic mass is 16.5. The lowest BCUT2D eigenvalue weighted by Gasteiger charge is -2.38. The number of hydrazone groups is 1. The van der Waals surface area contributed by atoms with Gasteiger partial charge in [0, 0.05) is 6.07 Å². The van der Waals surface area contributed by atoms with Gasteiger partial charge in [0.1, 0.15) is 29.9 Å². The predicted octanol–water partition coefficient (Wildman–Crippen LogP) is 2.27. The van der Waals surface area contributed by atoms with E-state index in [0.717, 1.165) is 42.3 Å². The number of amidine groups is 1. The predicted molar refractivity (Wildman–Crippen MR) is 106 cm³/mol. The van der Waals surface area contributed by atoms with Gasteiger partial charge in [0.2, 0.25) is 0 Å². The summed E-state index contributed by atoms with van der Waals surface area (Å²) in [6.45, 7) is 4.21. The first-order valence-corrected chi connectivity index (χ1v) is 9.58. The second-order valence-corrected chi connectivity index (χ2v) is 7.41. The number of nitrogens with zero attached hydrogens (tertiary/aromatic N) is 2. The molecule has 1 atom stereocenters. The maximum atomic E-state index is 12.2. The molecule has 5 rings (SSSR count). The van der Waals surface area contributed by atoms with E-state index in [1.807, 2.05) is 48.2 Å². The Morgan fingerprint density at radius 2 is 2.07 bits per heavy atom. The molecule has 2 aromatic rings. The lowest BCUT2D eigenvalue weighted by Crippen LogP contribution is -2.55. The van der Waals surface area contributed by atoms with Gasteiger partial charge < -0.3 is 19.7 Å². The maximum Gasteiger partial charge on any atom is 0.262 e.